The molecule has 2 amide bonds. The predicted octanol–water partition coefficient (Wildman–Crippen LogP) is 2.80. The quantitative estimate of drug-likeness (QED) is 0.790. The molecular formula is C19H25N3O2S2. The van der Waals surface area contributed by atoms with Gasteiger partial charge in [0, 0.05) is 36.8 Å². The molecule has 1 aliphatic heterocycles. The van der Waals surface area contributed by atoms with E-state index in [2.05, 4.69) is 5.32 Å². The Bertz CT molecular complexity index is 722. The lowest BCUT2D eigenvalue weighted by atomic mass is 9.81. The standard InChI is InChI=1S/C19H25N3O2S2/c1-21(12-15-5-3-9-25-15)17(23)11-19(7-8-20-14-19)18(24)22(2)13-16-6-4-10-26-16/h3-6,9-10,20H,7-8,11-14H2,1-2H3. The Morgan fingerprint density at radius 1 is 1.08 bits per heavy atom. The fourth-order valence-corrected chi connectivity index (χ4v) is 4.93. The van der Waals surface area contributed by atoms with E-state index in [1.54, 1.807) is 32.5 Å². The fourth-order valence-electron chi connectivity index (χ4n) is 3.41. The molecule has 0 radical (unpaired) electrons. The molecular weight excluding hydrogens is 366 g/mol. The number of nitrogens with zero attached hydrogens (tertiary/aromatic N) is 2. The van der Waals surface area contributed by atoms with Crippen molar-refractivity contribution in [3.05, 3.63) is 44.8 Å². The van der Waals surface area contributed by atoms with Crippen molar-refractivity contribution in [1.29, 1.82) is 0 Å². The number of hydrogen-bond acceptors (Lipinski definition) is 5. The average molecular weight is 392 g/mol. The molecule has 1 fully saturated rings. The number of carbonyl (C=O) groups excluding carboxylic acids is 2. The van der Waals surface area contributed by atoms with Crippen molar-refractivity contribution in [2.75, 3.05) is 27.2 Å². The zero-order valence-electron chi connectivity index (χ0n) is 15.2. The summed E-state index contributed by atoms with van der Waals surface area (Å²) >= 11 is 3.29. The normalized spacial score (nSPS) is 19.5. The summed E-state index contributed by atoms with van der Waals surface area (Å²) in [6.45, 7) is 2.54. The highest BCUT2D eigenvalue weighted by Gasteiger charge is 2.45. The van der Waals surface area contributed by atoms with Crippen LogP contribution < -0.4 is 5.32 Å². The van der Waals surface area contributed by atoms with Crippen LogP contribution in [0.1, 0.15) is 22.6 Å². The molecule has 1 aliphatic rings. The number of carbonyl (C=O) groups is 2. The van der Waals surface area contributed by atoms with Crippen LogP contribution in [0.3, 0.4) is 0 Å². The second-order valence-electron chi connectivity index (χ2n) is 6.95. The molecule has 3 heterocycles. The van der Waals surface area contributed by atoms with Gasteiger partial charge in [-0.3, -0.25) is 9.59 Å². The Morgan fingerprint density at radius 2 is 1.69 bits per heavy atom. The molecule has 7 heteroatoms. The third-order valence-electron chi connectivity index (χ3n) is 4.91. The van der Waals surface area contributed by atoms with Crippen LogP contribution in [0.4, 0.5) is 0 Å². The highest BCUT2D eigenvalue weighted by molar-refractivity contribution is 7.10. The van der Waals surface area contributed by atoms with E-state index in [4.69, 9.17) is 0 Å². The summed E-state index contributed by atoms with van der Waals surface area (Å²) in [5.41, 5.74) is -0.632. The van der Waals surface area contributed by atoms with Crippen LogP contribution in [0.2, 0.25) is 0 Å². The molecule has 0 aliphatic carbocycles. The molecule has 5 nitrogen and oxygen atoms in total. The van der Waals surface area contributed by atoms with Crippen molar-refractivity contribution in [1.82, 2.24) is 15.1 Å². The van der Waals surface area contributed by atoms with Gasteiger partial charge in [0.05, 0.1) is 18.5 Å². The van der Waals surface area contributed by atoms with E-state index in [1.807, 2.05) is 49.1 Å². The molecule has 140 valence electrons. The summed E-state index contributed by atoms with van der Waals surface area (Å²) in [6.07, 6.45) is 0.967. The molecule has 2 aromatic heterocycles. The molecule has 2 aromatic rings. The number of thiophene rings is 2. The van der Waals surface area contributed by atoms with Crippen LogP contribution >= 0.6 is 22.7 Å². The molecule has 0 bridgehead atoms. The van der Waals surface area contributed by atoms with Crippen molar-refractivity contribution < 1.29 is 9.59 Å². The summed E-state index contributed by atoms with van der Waals surface area (Å²) in [5.74, 6) is 0.0914. The van der Waals surface area contributed by atoms with Crippen molar-refractivity contribution >= 4 is 34.5 Å². The number of amides is 2. The Hall–Kier alpha value is -1.70. The van der Waals surface area contributed by atoms with Crippen LogP contribution in [-0.4, -0.2) is 48.8 Å². The summed E-state index contributed by atoms with van der Waals surface area (Å²) < 4.78 is 0. The van der Waals surface area contributed by atoms with Gasteiger partial charge in [-0.2, -0.15) is 0 Å². The summed E-state index contributed by atoms with van der Waals surface area (Å²) in [6, 6.07) is 8.05. The van der Waals surface area contributed by atoms with Gasteiger partial charge in [-0.1, -0.05) is 12.1 Å². The molecule has 1 atom stereocenters. The Kier molecular flexibility index (Phi) is 6.11. The predicted molar refractivity (Wildman–Crippen MR) is 106 cm³/mol. The number of hydrogen-bond donors (Lipinski definition) is 1. The van der Waals surface area contributed by atoms with Gasteiger partial charge >= 0.3 is 0 Å². The third kappa shape index (κ3) is 4.34. The molecule has 0 spiro atoms. The van der Waals surface area contributed by atoms with E-state index in [9.17, 15) is 9.59 Å². The van der Waals surface area contributed by atoms with Crippen LogP contribution in [0.5, 0.6) is 0 Å². The maximum atomic E-state index is 13.2. The van der Waals surface area contributed by atoms with Crippen molar-refractivity contribution in [2.45, 2.75) is 25.9 Å². The van der Waals surface area contributed by atoms with E-state index in [0.717, 1.165) is 16.3 Å². The van der Waals surface area contributed by atoms with Gasteiger partial charge in [-0.15, -0.1) is 22.7 Å². The summed E-state index contributed by atoms with van der Waals surface area (Å²) in [7, 11) is 3.65. The molecule has 1 saturated heterocycles. The minimum Gasteiger partial charge on any atom is -0.341 e. The van der Waals surface area contributed by atoms with E-state index >= 15 is 0 Å². The van der Waals surface area contributed by atoms with Gasteiger partial charge in [0.2, 0.25) is 11.8 Å². The van der Waals surface area contributed by atoms with Crippen LogP contribution in [-0.2, 0) is 22.7 Å². The van der Waals surface area contributed by atoms with Crippen molar-refractivity contribution in [3.63, 3.8) is 0 Å². The van der Waals surface area contributed by atoms with Crippen LogP contribution in [0.25, 0.3) is 0 Å². The third-order valence-corrected chi connectivity index (χ3v) is 6.63. The van der Waals surface area contributed by atoms with Gasteiger partial charge in [0.25, 0.3) is 0 Å². The zero-order chi connectivity index (χ0) is 18.6. The first-order valence-corrected chi connectivity index (χ1v) is 10.5. The molecule has 1 unspecified atom stereocenters. The van der Waals surface area contributed by atoms with E-state index in [0.29, 0.717) is 26.1 Å². The average Bonchev–Trinajstić information content (AvgIpc) is 3.37. The molecule has 0 aromatic carbocycles. The first-order valence-electron chi connectivity index (χ1n) is 8.75. The van der Waals surface area contributed by atoms with Gasteiger partial charge < -0.3 is 15.1 Å². The lowest BCUT2D eigenvalue weighted by Gasteiger charge is -2.32. The fraction of sp³-hybridized carbons (Fsp3) is 0.474. The highest BCUT2D eigenvalue weighted by atomic mass is 32.1. The van der Waals surface area contributed by atoms with Gasteiger partial charge in [-0.05, 0) is 35.9 Å². The van der Waals surface area contributed by atoms with Gasteiger partial charge in [0.15, 0.2) is 0 Å². The van der Waals surface area contributed by atoms with E-state index in [1.165, 1.54) is 0 Å². The van der Waals surface area contributed by atoms with Crippen molar-refractivity contribution in [3.8, 4) is 0 Å². The minimum atomic E-state index is -0.632. The Morgan fingerprint density at radius 3 is 2.19 bits per heavy atom. The number of nitrogens with one attached hydrogen (secondary N) is 1. The zero-order valence-corrected chi connectivity index (χ0v) is 16.9. The second kappa shape index (κ2) is 8.33. The summed E-state index contributed by atoms with van der Waals surface area (Å²) in [5, 5.41) is 7.31. The second-order valence-corrected chi connectivity index (χ2v) is 9.02. The maximum Gasteiger partial charge on any atom is 0.230 e. The highest BCUT2D eigenvalue weighted by Crippen LogP contribution is 2.33. The first kappa shape index (κ1) is 19.1. The molecule has 3 rings (SSSR count). The first-order chi connectivity index (χ1) is 12.5. The van der Waals surface area contributed by atoms with E-state index in [-0.39, 0.29) is 18.2 Å². The lowest BCUT2D eigenvalue weighted by Crippen LogP contribution is -2.46. The smallest absolute Gasteiger partial charge is 0.230 e. The lowest BCUT2D eigenvalue weighted by molar-refractivity contribution is -0.146. The topological polar surface area (TPSA) is 52.7 Å². The summed E-state index contributed by atoms with van der Waals surface area (Å²) in [4.78, 5) is 31.8. The molecule has 1 N–H and O–H groups in total. The molecule has 26 heavy (non-hydrogen) atoms. The van der Waals surface area contributed by atoms with Crippen LogP contribution in [0.15, 0.2) is 35.0 Å². The van der Waals surface area contributed by atoms with E-state index < -0.39 is 5.41 Å². The van der Waals surface area contributed by atoms with Gasteiger partial charge in [0.1, 0.15) is 0 Å². The van der Waals surface area contributed by atoms with Crippen LogP contribution in [0, 0.1) is 5.41 Å². The SMILES string of the molecule is CN(Cc1cccs1)C(=O)CC1(C(=O)N(C)Cc2cccs2)CCNC1. The molecule has 0 saturated carbocycles. The number of rotatable bonds is 7. The monoisotopic (exact) mass is 391 g/mol. The maximum absolute atomic E-state index is 13.2. The van der Waals surface area contributed by atoms with Crippen molar-refractivity contribution in [2.24, 2.45) is 5.41 Å². The largest absolute Gasteiger partial charge is 0.341 e. The minimum absolute atomic E-state index is 0.0278. The Balaban J connectivity index is 1.66. The Labute approximate surface area is 162 Å². The van der Waals surface area contributed by atoms with Gasteiger partial charge in [-0.25, -0.2) is 0 Å².